The fourth-order valence-corrected chi connectivity index (χ4v) is 8.96. The van der Waals surface area contributed by atoms with E-state index in [1.165, 1.54) is 10.4 Å². The van der Waals surface area contributed by atoms with Gasteiger partial charge in [-0.3, -0.25) is 0 Å². The summed E-state index contributed by atoms with van der Waals surface area (Å²) in [5.41, 5.74) is 8.89. The molecule has 0 radical (unpaired) electrons. The van der Waals surface area contributed by atoms with E-state index in [9.17, 15) is 5.11 Å². The van der Waals surface area contributed by atoms with Crippen LogP contribution in [0.3, 0.4) is 0 Å². The number of azide groups is 1. The summed E-state index contributed by atoms with van der Waals surface area (Å²) in [4.78, 5) is 2.92. The molecule has 0 bridgehead atoms. The smallest absolute Gasteiger partial charge is 0.261 e. The minimum atomic E-state index is -2.71. The maximum Gasteiger partial charge on any atom is 0.261 e. The lowest BCUT2D eigenvalue weighted by molar-refractivity contribution is -0.120. The van der Waals surface area contributed by atoms with E-state index in [1.807, 2.05) is 43.3 Å². The average Bonchev–Trinajstić information content (AvgIpc) is 2.73. The van der Waals surface area contributed by atoms with Gasteiger partial charge in [-0.25, -0.2) is 0 Å². The van der Waals surface area contributed by atoms with Crippen molar-refractivity contribution in [2.24, 2.45) is 11.0 Å². The molecule has 3 rings (SSSR count). The minimum absolute atomic E-state index is 0.0417. The summed E-state index contributed by atoms with van der Waals surface area (Å²) in [6, 6.07) is 20.2. The second-order valence-electron chi connectivity index (χ2n) is 9.01. The average molecular weight is 426 g/mol. The lowest BCUT2D eigenvalue weighted by atomic mass is 9.92. The topological polar surface area (TPSA) is 87.5 Å². The number of aliphatic hydroxyl groups is 1. The Bertz CT molecular complexity index is 827. The zero-order valence-corrected chi connectivity index (χ0v) is 19.1. The van der Waals surface area contributed by atoms with Crippen LogP contribution in [0.15, 0.2) is 65.8 Å². The van der Waals surface area contributed by atoms with Gasteiger partial charge in [0.1, 0.15) is 6.10 Å². The second-order valence-corrected chi connectivity index (χ2v) is 13.3. The molecule has 4 atom stereocenters. The number of benzene rings is 2. The molecule has 2 unspecified atom stereocenters. The largest absolute Gasteiger partial charge is 0.405 e. The third-order valence-electron chi connectivity index (χ3n) is 5.95. The monoisotopic (exact) mass is 425 g/mol. The molecule has 0 aliphatic carbocycles. The molecule has 1 heterocycles. The number of rotatable bonds is 6. The van der Waals surface area contributed by atoms with Gasteiger partial charge in [-0.05, 0) is 26.9 Å². The summed E-state index contributed by atoms with van der Waals surface area (Å²) in [5, 5.41) is 16.8. The van der Waals surface area contributed by atoms with E-state index in [1.54, 1.807) is 0 Å². The Labute approximate surface area is 179 Å². The molecule has 0 spiro atoms. The normalized spacial score (nSPS) is 24.8. The molecule has 0 aromatic heterocycles. The van der Waals surface area contributed by atoms with Crippen LogP contribution in [0.1, 0.15) is 27.7 Å². The van der Waals surface area contributed by atoms with Gasteiger partial charge < -0.3 is 14.3 Å². The lowest BCUT2D eigenvalue weighted by Crippen LogP contribution is -2.67. The fraction of sp³-hybridized carbons (Fsp3) is 0.478. The third-order valence-corrected chi connectivity index (χ3v) is 11.0. The van der Waals surface area contributed by atoms with Gasteiger partial charge in [-0.2, -0.15) is 0 Å². The van der Waals surface area contributed by atoms with Crippen molar-refractivity contribution in [2.75, 3.05) is 13.2 Å². The molecule has 2 aromatic rings. The van der Waals surface area contributed by atoms with Gasteiger partial charge in [-0.15, -0.1) is 0 Å². The molecule has 1 N–H and O–H groups in total. The highest BCUT2D eigenvalue weighted by atomic mass is 28.4. The van der Waals surface area contributed by atoms with E-state index < -0.39 is 26.6 Å². The third kappa shape index (κ3) is 4.31. The lowest BCUT2D eigenvalue weighted by Gasteiger charge is -2.45. The Morgan fingerprint density at radius 1 is 1.10 bits per heavy atom. The highest BCUT2D eigenvalue weighted by Crippen LogP contribution is 2.37. The number of nitrogens with zero attached hydrogens (tertiary/aromatic N) is 3. The maximum atomic E-state index is 10.8. The Morgan fingerprint density at radius 3 is 2.10 bits per heavy atom. The predicted octanol–water partition coefficient (Wildman–Crippen LogP) is 3.64. The molecule has 0 amide bonds. The van der Waals surface area contributed by atoms with Crippen LogP contribution in [-0.4, -0.2) is 44.9 Å². The molecule has 160 valence electrons. The van der Waals surface area contributed by atoms with Crippen LogP contribution in [0.5, 0.6) is 0 Å². The first-order chi connectivity index (χ1) is 14.3. The Balaban J connectivity index is 1.99. The summed E-state index contributed by atoms with van der Waals surface area (Å²) < 4.78 is 12.8. The van der Waals surface area contributed by atoms with Crippen molar-refractivity contribution < 1.29 is 14.3 Å². The van der Waals surface area contributed by atoms with Crippen LogP contribution in [0, 0.1) is 5.92 Å². The van der Waals surface area contributed by atoms with Gasteiger partial charge in [0.05, 0.1) is 25.4 Å². The van der Waals surface area contributed by atoms with Crippen LogP contribution < -0.4 is 10.4 Å². The Kier molecular flexibility index (Phi) is 7.01. The van der Waals surface area contributed by atoms with Crippen molar-refractivity contribution >= 4 is 18.7 Å². The second kappa shape index (κ2) is 9.33. The molecule has 0 saturated carbocycles. The number of hydrogen-bond donors (Lipinski definition) is 1. The van der Waals surface area contributed by atoms with E-state index in [-0.39, 0.29) is 17.6 Å². The van der Waals surface area contributed by atoms with Crippen molar-refractivity contribution in [1.29, 1.82) is 0 Å². The fourth-order valence-electron chi connectivity index (χ4n) is 4.39. The molecule has 7 heteroatoms. The summed E-state index contributed by atoms with van der Waals surface area (Å²) in [7, 11) is -2.71. The quantitative estimate of drug-likeness (QED) is 0.332. The van der Waals surface area contributed by atoms with Gasteiger partial charge in [-0.1, -0.05) is 93.5 Å². The van der Waals surface area contributed by atoms with Crippen LogP contribution >= 0.6 is 0 Å². The van der Waals surface area contributed by atoms with Gasteiger partial charge in [0.15, 0.2) is 0 Å². The van der Waals surface area contributed by atoms with E-state index in [4.69, 9.17) is 14.7 Å². The first kappa shape index (κ1) is 22.5. The maximum absolute atomic E-state index is 10.8. The van der Waals surface area contributed by atoms with Crippen molar-refractivity contribution in [1.82, 2.24) is 0 Å². The highest BCUT2D eigenvalue weighted by molar-refractivity contribution is 6.99. The molecule has 1 aliphatic rings. The molecule has 1 fully saturated rings. The summed E-state index contributed by atoms with van der Waals surface area (Å²) in [6.07, 6.45) is -1.44. The van der Waals surface area contributed by atoms with Gasteiger partial charge in [0.2, 0.25) is 0 Å². The first-order valence-corrected chi connectivity index (χ1v) is 12.3. The van der Waals surface area contributed by atoms with Crippen LogP contribution in [0.25, 0.3) is 10.4 Å². The molecule has 30 heavy (non-hydrogen) atoms. The number of aliphatic hydroxyl groups excluding tert-OH is 1. The predicted molar refractivity (Wildman–Crippen MR) is 121 cm³/mol. The summed E-state index contributed by atoms with van der Waals surface area (Å²) in [6.45, 7) is 9.21. The van der Waals surface area contributed by atoms with Gasteiger partial charge >= 0.3 is 0 Å². The van der Waals surface area contributed by atoms with Crippen LogP contribution in [0.2, 0.25) is 5.04 Å². The molecule has 6 nitrogen and oxygen atoms in total. The zero-order chi connectivity index (χ0) is 21.8. The van der Waals surface area contributed by atoms with Crippen molar-refractivity contribution in [3.63, 3.8) is 0 Å². The molecule has 1 saturated heterocycles. The SMILES string of the molecule is CC1COC(CO[Si](c2ccccc2)(c2ccccc2)C(C)(C)C)[C@@H](O)[C@@H]1N=[N+]=[N-]. The van der Waals surface area contributed by atoms with Gasteiger partial charge in [0.25, 0.3) is 8.32 Å². The van der Waals surface area contributed by atoms with E-state index in [2.05, 4.69) is 55.1 Å². The zero-order valence-electron chi connectivity index (χ0n) is 18.1. The van der Waals surface area contributed by atoms with Crippen LogP contribution in [0.4, 0.5) is 0 Å². The summed E-state index contributed by atoms with van der Waals surface area (Å²) >= 11 is 0. The Morgan fingerprint density at radius 2 is 1.63 bits per heavy atom. The van der Waals surface area contributed by atoms with E-state index >= 15 is 0 Å². The molecule has 2 aromatic carbocycles. The summed E-state index contributed by atoms with van der Waals surface area (Å²) in [5.74, 6) is -0.0417. The number of hydrogen-bond acceptors (Lipinski definition) is 4. The minimum Gasteiger partial charge on any atom is -0.405 e. The van der Waals surface area contributed by atoms with E-state index in [0.29, 0.717) is 6.61 Å². The standard InChI is InChI=1S/C23H31N3O3Si/c1-17-15-28-20(22(27)21(17)25-26-24)16-29-30(23(2,3)4,18-11-7-5-8-12-18)19-13-9-6-10-14-19/h5-14,17,20-22,27H,15-16H2,1-4H3/t17?,20?,21-,22-/m1/s1. The first-order valence-electron chi connectivity index (χ1n) is 10.4. The molecule has 1 aliphatic heterocycles. The Hall–Kier alpha value is -2.15. The number of ether oxygens (including phenoxy) is 1. The van der Waals surface area contributed by atoms with Crippen LogP contribution in [-0.2, 0) is 9.16 Å². The van der Waals surface area contributed by atoms with Crippen molar-refractivity contribution in [3.8, 4) is 0 Å². The van der Waals surface area contributed by atoms with Crippen molar-refractivity contribution in [3.05, 3.63) is 71.1 Å². The molecular formula is C23H31N3O3Si. The molecular weight excluding hydrogens is 394 g/mol. The van der Waals surface area contributed by atoms with Crippen molar-refractivity contribution in [2.45, 2.75) is 51.0 Å². The van der Waals surface area contributed by atoms with E-state index in [0.717, 1.165) is 0 Å². The highest BCUT2D eigenvalue weighted by Gasteiger charge is 2.51. The van der Waals surface area contributed by atoms with Gasteiger partial charge in [0, 0.05) is 4.91 Å².